The third-order valence-corrected chi connectivity index (χ3v) is 1.66. The van der Waals surface area contributed by atoms with E-state index in [-0.39, 0.29) is 0 Å². The molecule has 0 nitrogen and oxygen atoms in total. The van der Waals surface area contributed by atoms with Crippen LogP contribution in [0.3, 0.4) is 0 Å². The van der Waals surface area contributed by atoms with Gasteiger partial charge >= 0.3 is 0 Å². The van der Waals surface area contributed by atoms with Crippen molar-refractivity contribution in [2.24, 2.45) is 0 Å². The second kappa shape index (κ2) is 3.46. The Bertz CT molecular complexity index is 179. The normalized spacial score (nSPS) is 9.33. The third kappa shape index (κ3) is 2.02. The molecule has 0 fully saturated rings. The summed E-state index contributed by atoms with van der Waals surface area (Å²) in [4.78, 5) is 0. The fraction of sp³-hybridized carbons (Fsp3) is 0.125. The third-order valence-electron chi connectivity index (χ3n) is 1.12. The van der Waals surface area contributed by atoms with Crippen molar-refractivity contribution in [3.63, 3.8) is 0 Å². The molecule has 0 amide bonds. The molecule has 47 valence electrons. The summed E-state index contributed by atoms with van der Waals surface area (Å²) in [5.74, 6) is 6.29. The molecule has 0 N–H and O–H groups in total. The Morgan fingerprint density at radius 3 is 2.44 bits per heavy atom. The maximum Gasteiger partial charge on any atom is 0.0107 e. The van der Waals surface area contributed by atoms with Crippen molar-refractivity contribution < 1.29 is 0 Å². The molecule has 1 aromatic carbocycles. The second-order valence-electron chi connectivity index (χ2n) is 1.83. The number of benzene rings is 1. The molecule has 0 aromatic heterocycles. The Morgan fingerprint density at radius 1 is 1.22 bits per heavy atom. The summed E-state index contributed by atoms with van der Waals surface area (Å²) in [5, 5.41) is 0. The number of thiol groups is 1. The predicted molar refractivity (Wildman–Crippen MR) is 45.2 cm³/mol. The van der Waals surface area contributed by atoms with Crippen LogP contribution in [-0.4, -0.2) is 5.87 Å². The minimum atomic E-state index is 0.945. The summed E-state index contributed by atoms with van der Waals surface area (Å²) in [7, 11) is 0. The standard InChI is InChI=1S/C8H9S/c1-9-7-8-5-3-2-4-6-8/h1-6,9H,7H2. The highest BCUT2D eigenvalue weighted by atomic mass is 32.1. The maximum absolute atomic E-state index is 5.33. The molecule has 0 atom stereocenters. The van der Waals surface area contributed by atoms with E-state index in [1.165, 1.54) is 5.56 Å². The molecule has 0 aliphatic rings. The van der Waals surface area contributed by atoms with Crippen molar-refractivity contribution in [3.05, 3.63) is 35.9 Å². The van der Waals surface area contributed by atoms with Gasteiger partial charge in [-0.2, -0.15) is 11.4 Å². The maximum atomic E-state index is 5.33. The van der Waals surface area contributed by atoms with Gasteiger partial charge in [0.1, 0.15) is 0 Å². The predicted octanol–water partition coefficient (Wildman–Crippen LogP) is 1.96. The van der Waals surface area contributed by atoms with Crippen LogP contribution < -0.4 is 0 Å². The Morgan fingerprint density at radius 2 is 1.89 bits per heavy atom. The van der Waals surface area contributed by atoms with Gasteiger partial charge in [-0.1, -0.05) is 30.3 Å². The molecular weight excluding hydrogens is 128 g/mol. The number of hydrogen-bond donors (Lipinski definition) is 1. The van der Waals surface area contributed by atoms with Gasteiger partial charge in [-0.3, -0.25) is 0 Å². The van der Waals surface area contributed by atoms with Crippen molar-refractivity contribution in [1.82, 2.24) is 0 Å². The topological polar surface area (TPSA) is 0 Å². The van der Waals surface area contributed by atoms with E-state index in [0.29, 0.717) is 0 Å². The van der Waals surface area contributed by atoms with E-state index < -0.39 is 0 Å². The molecule has 0 aliphatic heterocycles. The van der Waals surface area contributed by atoms with Crippen LogP contribution in [-0.2, 0) is 5.75 Å². The van der Waals surface area contributed by atoms with Crippen LogP contribution >= 0.6 is 11.4 Å². The van der Waals surface area contributed by atoms with E-state index in [0.717, 1.165) is 17.1 Å². The van der Waals surface area contributed by atoms with Crippen LogP contribution in [0.5, 0.6) is 0 Å². The summed E-state index contributed by atoms with van der Waals surface area (Å²) >= 11 is 0.945. The van der Waals surface area contributed by atoms with E-state index in [1.807, 2.05) is 18.2 Å². The summed E-state index contributed by atoms with van der Waals surface area (Å²) in [6, 6.07) is 10.2. The van der Waals surface area contributed by atoms with Crippen LogP contribution in [0.15, 0.2) is 30.3 Å². The Balaban J connectivity index is 2.72. The average molecular weight is 137 g/mol. The van der Waals surface area contributed by atoms with E-state index in [9.17, 15) is 0 Å². The smallest absolute Gasteiger partial charge is 0.0107 e. The quantitative estimate of drug-likeness (QED) is 0.467. The minimum Gasteiger partial charge on any atom is -0.195 e. The lowest BCUT2D eigenvalue weighted by Crippen LogP contribution is -1.72. The van der Waals surface area contributed by atoms with Gasteiger partial charge in [-0.15, -0.1) is 0 Å². The van der Waals surface area contributed by atoms with Gasteiger partial charge in [0.15, 0.2) is 0 Å². The fourth-order valence-corrected chi connectivity index (χ4v) is 1.11. The highest BCUT2D eigenvalue weighted by Gasteiger charge is 1.81. The molecule has 0 spiro atoms. The molecule has 0 heterocycles. The molecule has 1 radical (unpaired) electrons. The largest absolute Gasteiger partial charge is 0.195 e. The summed E-state index contributed by atoms with van der Waals surface area (Å²) in [6.45, 7) is 0. The number of rotatable bonds is 2. The molecule has 0 aliphatic carbocycles. The van der Waals surface area contributed by atoms with E-state index >= 15 is 0 Å². The zero-order valence-corrected chi connectivity index (χ0v) is 6.01. The van der Waals surface area contributed by atoms with Gasteiger partial charge in [-0.25, -0.2) is 0 Å². The van der Waals surface area contributed by atoms with Gasteiger partial charge in [0, 0.05) is 5.75 Å². The average Bonchev–Trinajstić information content (AvgIpc) is 1.91. The van der Waals surface area contributed by atoms with Crippen molar-refractivity contribution >= 4 is 17.2 Å². The summed E-state index contributed by atoms with van der Waals surface area (Å²) < 4.78 is 0. The first-order valence-corrected chi connectivity index (χ1v) is 3.99. The van der Waals surface area contributed by atoms with Crippen molar-refractivity contribution in [3.8, 4) is 0 Å². The Hall–Kier alpha value is -0.560. The van der Waals surface area contributed by atoms with Crippen LogP contribution in [0.4, 0.5) is 0 Å². The lowest BCUT2D eigenvalue weighted by molar-refractivity contribution is 1.43. The van der Waals surface area contributed by atoms with Crippen molar-refractivity contribution in [1.29, 1.82) is 0 Å². The molecule has 0 unspecified atom stereocenters. The first-order chi connectivity index (χ1) is 4.43. The van der Waals surface area contributed by atoms with Crippen molar-refractivity contribution in [2.75, 3.05) is 0 Å². The summed E-state index contributed by atoms with van der Waals surface area (Å²) in [6.07, 6.45) is 0. The highest BCUT2D eigenvalue weighted by molar-refractivity contribution is 7.95. The van der Waals surface area contributed by atoms with Gasteiger partial charge in [0.2, 0.25) is 0 Å². The van der Waals surface area contributed by atoms with E-state index in [1.54, 1.807) is 0 Å². The molecule has 1 aromatic rings. The fourth-order valence-electron chi connectivity index (χ4n) is 0.689. The number of hydrogen-bond acceptors (Lipinski definition) is 0. The zero-order chi connectivity index (χ0) is 6.53. The van der Waals surface area contributed by atoms with Crippen molar-refractivity contribution in [2.45, 2.75) is 5.75 Å². The monoisotopic (exact) mass is 137 g/mol. The Kier molecular flexibility index (Phi) is 2.52. The van der Waals surface area contributed by atoms with Crippen LogP contribution in [0, 0.1) is 0 Å². The van der Waals surface area contributed by atoms with Crippen LogP contribution in [0.1, 0.15) is 5.56 Å². The van der Waals surface area contributed by atoms with Gasteiger partial charge < -0.3 is 0 Å². The molecule has 1 heteroatoms. The lowest BCUT2D eigenvalue weighted by atomic mass is 10.2. The molecule has 0 saturated heterocycles. The zero-order valence-electron chi connectivity index (χ0n) is 5.12. The lowest BCUT2D eigenvalue weighted by Gasteiger charge is -1.91. The van der Waals surface area contributed by atoms with Crippen LogP contribution in [0.25, 0.3) is 0 Å². The van der Waals surface area contributed by atoms with Crippen LogP contribution in [0.2, 0.25) is 0 Å². The minimum absolute atomic E-state index is 0.945. The molecule has 1 rings (SSSR count). The SMILES string of the molecule is [CH]=[SH]Cc1ccccc1. The van der Waals surface area contributed by atoms with E-state index in [4.69, 9.17) is 5.87 Å². The molecular formula is C8H9S. The first kappa shape index (κ1) is 6.56. The van der Waals surface area contributed by atoms with Gasteiger partial charge in [0.05, 0.1) is 0 Å². The molecule has 0 saturated carbocycles. The molecule has 9 heavy (non-hydrogen) atoms. The van der Waals surface area contributed by atoms with Gasteiger partial charge in [0.25, 0.3) is 0 Å². The Labute approximate surface area is 59.5 Å². The first-order valence-electron chi connectivity index (χ1n) is 2.84. The van der Waals surface area contributed by atoms with Gasteiger partial charge in [-0.05, 0) is 11.4 Å². The second-order valence-corrected chi connectivity index (χ2v) is 2.51. The summed E-state index contributed by atoms with van der Waals surface area (Å²) in [5.41, 5.74) is 1.31. The van der Waals surface area contributed by atoms with E-state index in [2.05, 4.69) is 12.1 Å². The molecule has 0 bridgehead atoms. The highest BCUT2D eigenvalue weighted by Crippen LogP contribution is 2.02.